The third-order valence-corrected chi connectivity index (χ3v) is 31.4. The maximum absolute atomic E-state index is 2.45. The molecular formula is C123H80N6S3. The lowest BCUT2D eigenvalue weighted by molar-refractivity contribution is 0.660. The monoisotopic (exact) mass is 1740 g/mol. The molecule has 0 fully saturated rings. The first-order chi connectivity index (χ1) is 65.2. The van der Waals surface area contributed by atoms with Gasteiger partial charge >= 0.3 is 0 Å². The van der Waals surface area contributed by atoms with Gasteiger partial charge in [-0.3, -0.25) is 0 Å². The van der Waals surface area contributed by atoms with E-state index in [1.54, 1.807) is 0 Å². The van der Waals surface area contributed by atoms with Gasteiger partial charge in [-0.05, 0) is 251 Å². The van der Waals surface area contributed by atoms with E-state index in [1.807, 2.05) is 34.0 Å². The van der Waals surface area contributed by atoms with Crippen molar-refractivity contribution >= 4 is 216 Å². The number of fused-ring (bicyclic) bond motifs is 26. The zero-order chi connectivity index (χ0) is 87.0. The number of hydrogen-bond acceptors (Lipinski definition) is 5. The summed E-state index contributed by atoms with van der Waals surface area (Å²) in [7, 11) is 0. The van der Waals surface area contributed by atoms with E-state index in [2.05, 4.69) is 491 Å². The molecule has 0 aliphatic heterocycles. The van der Waals surface area contributed by atoms with E-state index in [0.29, 0.717) is 0 Å². The maximum atomic E-state index is 2.45. The number of aromatic nitrogens is 4. The van der Waals surface area contributed by atoms with Crippen LogP contribution in [0.4, 0.5) is 34.1 Å². The van der Waals surface area contributed by atoms with E-state index in [9.17, 15) is 0 Å². The lowest BCUT2D eigenvalue weighted by Crippen LogP contribution is -2.16. The van der Waals surface area contributed by atoms with Crippen LogP contribution in [0.15, 0.2) is 449 Å². The molecule has 1 aliphatic carbocycles. The second-order valence-corrected chi connectivity index (χ2v) is 38.6. The van der Waals surface area contributed by atoms with Gasteiger partial charge in [-0.1, -0.05) is 257 Å². The molecule has 0 unspecified atom stereocenters. The van der Waals surface area contributed by atoms with Crippen molar-refractivity contribution in [2.24, 2.45) is 0 Å². The molecule has 0 saturated carbocycles. The van der Waals surface area contributed by atoms with Crippen LogP contribution in [0.2, 0.25) is 0 Å². The fourth-order valence-corrected chi connectivity index (χ4v) is 25.3. The van der Waals surface area contributed by atoms with Gasteiger partial charge in [0.1, 0.15) is 0 Å². The average Bonchev–Trinajstić information content (AvgIpc) is 1.56. The summed E-state index contributed by atoms with van der Waals surface area (Å²) in [6.45, 7) is 4.73. The predicted octanol–water partition coefficient (Wildman–Crippen LogP) is 35.4. The van der Waals surface area contributed by atoms with Crippen molar-refractivity contribution in [1.29, 1.82) is 0 Å². The van der Waals surface area contributed by atoms with E-state index in [4.69, 9.17) is 0 Å². The summed E-state index contributed by atoms with van der Waals surface area (Å²) >= 11 is 5.66. The smallest absolute Gasteiger partial charge is 0.0555 e. The van der Waals surface area contributed by atoms with Crippen LogP contribution in [-0.4, -0.2) is 18.3 Å². The Bertz CT molecular complexity index is 9370. The van der Waals surface area contributed by atoms with Gasteiger partial charge in [0.05, 0.1) is 44.1 Å². The molecule has 620 valence electrons. The highest BCUT2D eigenvalue weighted by Gasteiger charge is 2.36. The van der Waals surface area contributed by atoms with E-state index in [1.165, 1.54) is 204 Å². The molecule has 20 aromatic carbocycles. The summed E-state index contributed by atoms with van der Waals surface area (Å²) in [6.07, 6.45) is 0. The summed E-state index contributed by atoms with van der Waals surface area (Å²) in [5, 5.41) is 17.9. The van der Waals surface area contributed by atoms with Gasteiger partial charge in [-0.25, -0.2) is 0 Å². The normalized spacial score (nSPS) is 12.5. The number of anilines is 6. The standard InChI is InChI=1S/C63H43N3S.C60H37N3S2/c1-63(2)54-22-12-9-19-47(54)48-32-30-46(39-55(48)63)64(45-31-35-57-52(38-45)49-20-10-13-23-56(49)65(57)42-15-5-3-6-16-42)44-28-25-40(26-29-44)41-27-34-58-53(37-41)61-59(66(58)43-17-7-4-8-18-43)36-33-51-50-21-11-14-24-60(50)67-62(51)61;1-3-13-40(14-4-1)62-52-20-10-7-17-45(52)49-36-43(28-32-53(49)62)61(44-29-34-58-50(37-44)47-19-9-11-21-56(47)64-58)42-26-23-38(24-27-42)39-25-31-54-51(35-39)59-55(63(54)41-15-5-2-6-16-41)33-30-48-46-18-8-12-22-57(46)65-60(48)59/h3-39H,1-2H3;1-37H. The maximum Gasteiger partial charge on any atom is 0.0555 e. The van der Waals surface area contributed by atoms with E-state index < -0.39 is 0 Å². The molecule has 0 saturated heterocycles. The van der Waals surface area contributed by atoms with Gasteiger partial charge in [0.2, 0.25) is 0 Å². The first-order valence-electron chi connectivity index (χ1n) is 45.2. The summed E-state index contributed by atoms with van der Waals surface area (Å²) in [6, 6.07) is 166. The van der Waals surface area contributed by atoms with Gasteiger partial charge in [0, 0.05) is 166 Å². The molecule has 1 aliphatic rings. The third-order valence-electron chi connectivity index (χ3n) is 27.8. The topological polar surface area (TPSA) is 26.2 Å². The minimum atomic E-state index is -0.131. The Morgan fingerprint density at radius 2 is 0.500 bits per heavy atom. The number of rotatable bonds is 12. The first-order valence-corrected chi connectivity index (χ1v) is 47.7. The fourth-order valence-electron chi connectivity index (χ4n) is 21.7. The Morgan fingerprint density at radius 1 is 0.189 bits per heavy atom. The minimum Gasteiger partial charge on any atom is -0.310 e. The Labute approximate surface area is 773 Å². The first kappa shape index (κ1) is 76.0. The van der Waals surface area contributed by atoms with Crippen LogP contribution < -0.4 is 9.80 Å². The van der Waals surface area contributed by atoms with Crippen molar-refractivity contribution in [3.8, 4) is 56.1 Å². The van der Waals surface area contributed by atoms with Gasteiger partial charge in [0.15, 0.2) is 0 Å². The number of thiophene rings is 3. The molecule has 7 aromatic heterocycles. The Balaban J connectivity index is 0.000000135. The highest BCUT2D eigenvalue weighted by molar-refractivity contribution is 7.27. The Kier molecular flexibility index (Phi) is 17.3. The SMILES string of the molecule is CC1(C)c2ccccc2-c2ccc(N(c3ccc(-c4ccc5c(c4)c4c6sc7ccccc7c6ccc4n5-c4ccccc4)cc3)c3ccc4c(c3)c3ccccc3n4-c3ccccc3)cc21.c1ccc(-n2c3ccccc3c3cc(N(c4ccc(-c5ccc6c(c5)c5c7sc8ccccc8c7ccc5n6-c5ccccc5)cc4)c4ccc5sc6ccccc6c5c4)ccc32)cc1. The largest absolute Gasteiger partial charge is 0.310 e. The van der Waals surface area contributed by atoms with Crippen molar-refractivity contribution in [3.05, 3.63) is 460 Å². The van der Waals surface area contributed by atoms with Crippen molar-refractivity contribution in [3.63, 3.8) is 0 Å². The molecule has 0 amide bonds. The highest BCUT2D eigenvalue weighted by Crippen LogP contribution is 2.54. The molecule has 7 heterocycles. The van der Waals surface area contributed by atoms with Gasteiger partial charge < -0.3 is 28.1 Å². The van der Waals surface area contributed by atoms with Crippen molar-refractivity contribution < 1.29 is 0 Å². The van der Waals surface area contributed by atoms with Crippen LogP contribution in [-0.2, 0) is 5.41 Å². The molecule has 0 N–H and O–H groups in total. The Hall–Kier alpha value is -16.1. The van der Waals surface area contributed by atoms with Crippen LogP contribution in [0.5, 0.6) is 0 Å². The van der Waals surface area contributed by atoms with E-state index in [0.717, 1.165) is 45.5 Å². The molecule has 0 atom stereocenters. The molecule has 27 aromatic rings. The molecule has 0 radical (unpaired) electrons. The highest BCUT2D eigenvalue weighted by atomic mass is 32.1. The summed E-state index contributed by atoms with van der Waals surface area (Å²) < 4.78 is 17.6. The van der Waals surface area contributed by atoms with E-state index in [-0.39, 0.29) is 5.41 Å². The molecule has 0 bridgehead atoms. The summed E-state index contributed by atoms with van der Waals surface area (Å²) in [5.74, 6) is 0. The van der Waals surface area contributed by atoms with Crippen molar-refractivity contribution in [1.82, 2.24) is 18.3 Å². The number of benzene rings is 20. The number of para-hydroxylation sites is 6. The van der Waals surface area contributed by atoms with Gasteiger partial charge in [0.25, 0.3) is 0 Å². The lowest BCUT2D eigenvalue weighted by Gasteiger charge is -2.28. The van der Waals surface area contributed by atoms with Crippen LogP contribution in [0.25, 0.3) is 204 Å². The Morgan fingerprint density at radius 3 is 0.970 bits per heavy atom. The zero-order valence-corrected chi connectivity index (χ0v) is 74.6. The van der Waals surface area contributed by atoms with Gasteiger partial charge in [-0.15, -0.1) is 34.0 Å². The van der Waals surface area contributed by atoms with Crippen LogP contribution in [0, 0.1) is 0 Å². The predicted molar refractivity (Wildman–Crippen MR) is 567 cm³/mol. The van der Waals surface area contributed by atoms with Crippen LogP contribution in [0.3, 0.4) is 0 Å². The summed E-state index contributed by atoms with van der Waals surface area (Å²) in [4.78, 5) is 4.88. The molecule has 9 heteroatoms. The quantitative estimate of drug-likeness (QED) is 0.122. The third kappa shape index (κ3) is 11.8. The molecule has 132 heavy (non-hydrogen) atoms. The second kappa shape index (κ2) is 30.0. The minimum absolute atomic E-state index is 0.131. The number of hydrogen-bond donors (Lipinski definition) is 0. The van der Waals surface area contributed by atoms with Crippen LogP contribution >= 0.6 is 34.0 Å². The molecule has 28 rings (SSSR count). The van der Waals surface area contributed by atoms with Crippen molar-refractivity contribution in [2.45, 2.75) is 19.3 Å². The average molecular weight is 1740 g/mol. The summed E-state index contributed by atoms with van der Waals surface area (Å²) in [5.41, 5.74) is 31.0. The molecule has 6 nitrogen and oxygen atoms in total. The van der Waals surface area contributed by atoms with Gasteiger partial charge in [-0.2, -0.15) is 0 Å². The second-order valence-electron chi connectivity index (χ2n) is 35.4. The zero-order valence-electron chi connectivity index (χ0n) is 72.1. The fraction of sp³-hybridized carbons (Fsp3) is 0.0244. The molecular weight excluding hydrogens is 1660 g/mol. The molecule has 0 spiro atoms. The number of nitrogens with zero attached hydrogens (tertiary/aromatic N) is 6. The lowest BCUT2D eigenvalue weighted by atomic mass is 9.82. The van der Waals surface area contributed by atoms with Crippen LogP contribution in [0.1, 0.15) is 25.0 Å². The van der Waals surface area contributed by atoms with Crippen molar-refractivity contribution in [2.75, 3.05) is 9.80 Å². The van der Waals surface area contributed by atoms with E-state index >= 15 is 0 Å².